The van der Waals surface area contributed by atoms with E-state index in [1.165, 1.54) is 19.4 Å². The zero-order valence-corrected chi connectivity index (χ0v) is 18.3. The predicted molar refractivity (Wildman–Crippen MR) is 113 cm³/mol. The van der Waals surface area contributed by atoms with Crippen molar-refractivity contribution in [3.8, 4) is 17.5 Å². The zero-order chi connectivity index (χ0) is 23.1. The van der Waals surface area contributed by atoms with Crippen molar-refractivity contribution in [1.29, 1.82) is 5.26 Å². The third-order valence-electron chi connectivity index (χ3n) is 5.47. The summed E-state index contributed by atoms with van der Waals surface area (Å²) in [5.74, 6) is 0.762. The molecule has 0 aromatic carbocycles. The first kappa shape index (κ1) is 22.1. The van der Waals surface area contributed by atoms with Gasteiger partial charge in [-0.15, -0.1) is 11.8 Å². The molecule has 3 heterocycles. The molecular formula is C22H20F3N4O2S+. The van der Waals surface area contributed by atoms with Gasteiger partial charge in [-0.1, -0.05) is 6.92 Å². The molecule has 0 amide bonds. The summed E-state index contributed by atoms with van der Waals surface area (Å²) in [5, 5.41) is 10.1. The molecule has 0 radical (unpaired) electrons. The molecule has 6 nitrogen and oxygen atoms in total. The maximum absolute atomic E-state index is 13.0. The van der Waals surface area contributed by atoms with Crippen LogP contribution in [0.15, 0.2) is 46.3 Å². The summed E-state index contributed by atoms with van der Waals surface area (Å²) in [6.07, 6.45) is 0.0864. The lowest BCUT2D eigenvalue weighted by molar-refractivity contribution is -0.878. The van der Waals surface area contributed by atoms with Crippen LogP contribution < -0.4 is 15.1 Å². The van der Waals surface area contributed by atoms with E-state index >= 15 is 0 Å². The molecule has 0 saturated heterocycles. The van der Waals surface area contributed by atoms with E-state index in [9.17, 15) is 23.2 Å². The lowest BCUT2D eigenvalue weighted by Crippen LogP contribution is -2.44. The van der Waals surface area contributed by atoms with E-state index in [2.05, 4.69) is 11.1 Å². The summed E-state index contributed by atoms with van der Waals surface area (Å²) in [6, 6.07) is 8.60. The number of hydrogen-bond donors (Lipinski definition) is 0. The molecule has 0 spiro atoms. The Bertz CT molecular complexity index is 1290. The Balaban J connectivity index is 1.89. The number of pyridine rings is 3. The van der Waals surface area contributed by atoms with E-state index < -0.39 is 23.7 Å². The van der Waals surface area contributed by atoms with Gasteiger partial charge < -0.3 is 0 Å². The van der Waals surface area contributed by atoms with Gasteiger partial charge >= 0.3 is 6.18 Å². The Morgan fingerprint density at radius 3 is 2.69 bits per heavy atom. The van der Waals surface area contributed by atoms with Gasteiger partial charge in [0.1, 0.15) is 19.3 Å². The maximum atomic E-state index is 13.0. The van der Waals surface area contributed by atoms with Gasteiger partial charge in [-0.2, -0.15) is 18.4 Å². The van der Waals surface area contributed by atoms with Crippen molar-refractivity contribution in [2.75, 3.05) is 12.9 Å². The first-order valence-corrected chi connectivity index (χ1v) is 11.0. The summed E-state index contributed by atoms with van der Waals surface area (Å²) >= 11 is 1.56. The Labute approximate surface area is 186 Å². The molecule has 0 unspecified atom stereocenters. The lowest BCUT2D eigenvalue weighted by Gasteiger charge is -2.13. The maximum Gasteiger partial charge on any atom is 0.406 e. The third kappa shape index (κ3) is 4.05. The summed E-state index contributed by atoms with van der Waals surface area (Å²) < 4.78 is 41.1. The number of nitriles is 1. The fraction of sp³-hybridized carbons (Fsp3) is 0.364. The molecule has 166 valence electrons. The largest absolute Gasteiger partial charge is 0.406 e. The van der Waals surface area contributed by atoms with Gasteiger partial charge in [0.25, 0.3) is 11.3 Å². The van der Waals surface area contributed by atoms with Crippen molar-refractivity contribution < 1.29 is 22.7 Å². The van der Waals surface area contributed by atoms with Gasteiger partial charge in [0.05, 0.1) is 28.1 Å². The number of nitrogens with zero attached hydrogens (tertiary/aromatic N) is 4. The Hall–Kier alpha value is -3.06. The highest BCUT2D eigenvalue weighted by Crippen LogP contribution is 2.48. The Morgan fingerprint density at radius 1 is 1.34 bits per heavy atom. The van der Waals surface area contributed by atoms with E-state index in [0.717, 1.165) is 35.1 Å². The predicted octanol–water partition coefficient (Wildman–Crippen LogP) is 3.64. The van der Waals surface area contributed by atoms with Crippen LogP contribution in [-0.4, -0.2) is 28.6 Å². The SMILES string of the molecule is CCSc1cc(C2(C#N)CC2)c[n+](OC)c1-c1cc2ccc(=O)n(CC(F)(F)F)c2cn1. The average molecular weight is 461 g/mol. The molecule has 0 aliphatic heterocycles. The van der Waals surface area contributed by atoms with Crippen LogP contribution in [0.5, 0.6) is 0 Å². The standard InChI is InChI=1S/C22H20F3N4O2S/c1-3-32-18-9-15(21(12-26)6-7-21)11-29(31-2)20(18)16-8-14-4-5-19(30)28(13-22(23,24)25)17(14)10-27-16/h4-5,8-11H,3,6-7,13H2,1-2H3/q+1. The van der Waals surface area contributed by atoms with Crippen molar-refractivity contribution in [2.24, 2.45) is 0 Å². The third-order valence-corrected chi connectivity index (χ3v) is 6.38. The Morgan fingerprint density at radius 2 is 2.09 bits per heavy atom. The molecule has 0 atom stereocenters. The smallest absolute Gasteiger partial charge is 0.298 e. The molecule has 1 saturated carbocycles. The number of rotatable bonds is 6. The first-order valence-electron chi connectivity index (χ1n) is 9.97. The van der Waals surface area contributed by atoms with Crippen molar-refractivity contribution in [3.05, 3.63) is 52.6 Å². The number of fused-ring (bicyclic) bond motifs is 1. The lowest BCUT2D eigenvalue weighted by atomic mass is 9.99. The van der Waals surface area contributed by atoms with E-state index in [4.69, 9.17) is 4.84 Å². The second kappa shape index (κ2) is 8.13. The normalized spacial score (nSPS) is 14.9. The monoisotopic (exact) mass is 461 g/mol. The van der Waals surface area contributed by atoms with Crippen molar-refractivity contribution in [3.63, 3.8) is 0 Å². The molecule has 32 heavy (non-hydrogen) atoms. The topological polar surface area (TPSA) is 71.8 Å². The van der Waals surface area contributed by atoms with Gasteiger partial charge in [-0.3, -0.25) is 14.2 Å². The molecule has 0 bridgehead atoms. The van der Waals surface area contributed by atoms with Gasteiger partial charge in [0.2, 0.25) is 6.20 Å². The fourth-order valence-electron chi connectivity index (χ4n) is 3.71. The highest BCUT2D eigenvalue weighted by atomic mass is 32.2. The van der Waals surface area contributed by atoms with Crippen LogP contribution in [0.2, 0.25) is 0 Å². The second-order valence-corrected chi connectivity index (χ2v) is 8.88. The van der Waals surface area contributed by atoms with Crippen molar-refractivity contribution in [2.45, 2.75) is 42.8 Å². The Kier molecular flexibility index (Phi) is 5.63. The van der Waals surface area contributed by atoms with Gasteiger partial charge in [0.15, 0.2) is 0 Å². The highest BCUT2D eigenvalue weighted by molar-refractivity contribution is 7.99. The van der Waals surface area contributed by atoms with Gasteiger partial charge in [-0.25, -0.2) is 4.98 Å². The highest BCUT2D eigenvalue weighted by Gasteiger charge is 2.47. The molecule has 1 aliphatic carbocycles. The summed E-state index contributed by atoms with van der Waals surface area (Å²) in [5.41, 5.74) is 0.834. The zero-order valence-electron chi connectivity index (χ0n) is 17.4. The first-order chi connectivity index (χ1) is 15.2. The number of aromatic nitrogens is 3. The van der Waals surface area contributed by atoms with E-state index in [1.54, 1.807) is 28.8 Å². The van der Waals surface area contributed by atoms with Crippen LogP contribution in [0.3, 0.4) is 0 Å². The van der Waals surface area contributed by atoms with Gasteiger partial charge in [0, 0.05) is 21.7 Å². The van der Waals surface area contributed by atoms with Gasteiger partial charge in [-0.05, 0) is 36.8 Å². The molecule has 1 fully saturated rings. The van der Waals surface area contributed by atoms with Crippen LogP contribution >= 0.6 is 11.8 Å². The van der Waals surface area contributed by atoms with E-state index in [0.29, 0.717) is 21.3 Å². The molecule has 0 N–H and O–H groups in total. The molecule has 10 heteroatoms. The van der Waals surface area contributed by atoms with Crippen LogP contribution in [-0.2, 0) is 12.0 Å². The molecule has 3 aromatic rings. The second-order valence-electron chi connectivity index (χ2n) is 7.58. The minimum absolute atomic E-state index is 0.102. The van der Waals surface area contributed by atoms with Crippen LogP contribution in [0.25, 0.3) is 22.3 Å². The number of hydrogen-bond acceptors (Lipinski definition) is 5. The quantitative estimate of drug-likeness (QED) is 0.414. The van der Waals surface area contributed by atoms with E-state index in [1.807, 2.05) is 13.0 Å². The summed E-state index contributed by atoms with van der Waals surface area (Å²) in [4.78, 5) is 22.9. The van der Waals surface area contributed by atoms with Crippen LogP contribution in [0.1, 0.15) is 25.3 Å². The average Bonchev–Trinajstić information content (AvgIpc) is 3.56. The minimum Gasteiger partial charge on any atom is -0.298 e. The molecular weight excluding hydrogens is 441 g/mol. The van der Waals surface area contributed by atoms with Crippen LogP contribution in [0, 0.1) is 11.3 Å². The summed E-state index contributed by atoms with van der Waals surface area (Å²) in [7, 11) is 1.50. The number of thioether (sulfide) groups is 1. The number of halogens is 3. The molecule has 3 aromatic heterocycles. The molecule has 1 aliphatic rings. The number of alkyl halides is 3. The van der Waals surface area contributed by atoms with E-state index in [-0.39, 0.29) is 5.52 Å². The minimum atomic E-state index is -4.53. The fourth-order valence-corrected chi connectivity index (χ4v) is 4.56. The van der Waals surface area contributed by atoms with Crippen molar-refractivity contribution in [1.82, 2.24) is 9.55 Å². The van der Waals surface area contributed by atoms with Crippen LogP contribution in [0.4, 0.5) is 13.2 Å². The summed E-state index contributed by atoms with van der Waals surface area (Å²) in [6.45, 7) is 0.614. The van der Waals surface area contributed by atoms with Crippen molar-refractivity contribution >= 4 is 22.7 Å². The molecule has 4 rings (SSSR count).